The van der Waals surface area contributed by atoms with Crippen LogP contribution >= 0.6 is 0 Å². The van der Waals surface area contributed by atoms with Gasteiger partial charge in [0.1, 0.15) is 11.9 Å². The van der Waals surface area contributed by atoms with Gasteiger partial charge in [0, 0.05) is 12.4 Å². The van der Waals surface area contributed by atoms with Crippen LogP contribution in [0.1, 0.15) is 6.42 Å². The van der Waals surface area contributed by atoms with Crippen molar-refractivity contribution < 1.29 is 4.79 Å². The summed E-state index contributed by atoms with van der Waals surface area (Å²) in [7, 11) is 0. The second-order valence-electron chi connectivity index (χ2n) is 2.72. The SMILES string of the molecule is NC(=O)C1C=NC2=CCC=CN21. The van der Waals surface area contributed by atoms with E-state index in [0.29, 0.717) is 0 Å². The number of hydrogen-bond acceptors (Lipinski definition) is 3. The van der Waals surface area contributed by atoms with Crippen LogP contribution in [-0.4, -0.2) is 23.1 Å². The first-order valence-corrected chi connectivity index (χ1v) is 3.78. The van der Waals surface area contributed by atoms with E-state index in [4.69, 9.17) is 5.73 Å². The zero-order valence-electron chi connectivity index (χ0n) is 6.47. The molecule has 0 bridgehead atoms. The molecule has 0 spiro atoms. The van der Waals surface area contributed by atoms with E-state index in [1.54, 1.807) is 11.1 Å². The fourth-order valence-electron chi connectivity index (χ4n) is 1.31. The van der Waals surface area contributed by atoms with Gasteiger partial charge in [0.25, 0.3) is 0 Å². The van der Waals surface area contributed by atoms with E-state index >= 15 is 0 Å². The van der Waals surface area contributed by atoms with E-state index in [9.17, 15) is 4.79 Å². The van der Waals surface area contributed by atoms with Crippen molar-refractivity contribution in [3.63, 3.8) is 0 Å². The number of aliphatic imine (C=N–C) groups is 1. The van der Waals surface area contributed by atoms with Gasteiger partial charge in [-0.05, 0) is 12.5 Å². The van der Waals surface area contributed by atoms with E-state index in [-0.39, 0.29) is 5.91 Å². The number of amides is 1. The second kappa shape index (κ2) is 2.48. The fraction of sp³-hybridized carbons (Fsp3) is 0.250. The highest BCUT2D eigenvalue weighted by Crippen LogP contribution is 2.21. The van der Waals surface area contributed by atoms with Gasteiger partial charge in [-0.15, -0.1) is 0 Å². The molecule has 0 saturated heterocycles. The average molecular weight is 163 g/mol. The first kappa shape index (κ1) is 7.09. The first-order valence-electron chi connectivity index (χ1n) is 3.78. The van der Waals surface area contributed by atoms with E-state index in [1.165, 1.54) is 0 Å². The molecule has 0 aromatic carbocycles. The number of nitrogens with two attached hydrogens (primary N) is 1. The molecule has 2 heterocycles. The highest BCUT2D eigenvalue weighted by molar-refractivity contribution is 5.98. The Morgan fingerprint density at radius 2 is 2.58 bits per heavy atom. The summed E-state index contributed by atoms with van der Waals surface area (Å²) >= 11 is 0. The Labute approximate surface area is 70.1 Å². The Bertz CT molecular complexity index is 303. The minimum atomic E-state index is -0.396. The number of nitrogens with zero attached hydrogens (tertiary/aromatic N) is 2. The molecule has 0 saturated carbocycles. The minimum absolute atomic E-state index is 0.367. The topological polar surface area (TPSA) is 58.7 Å². The summed E-state index contributed by atoms with van der Waals surface area (Å²) in [6, 6.07) is -0.396. The third kappa shape index (κ3) is 0.922. The van der Waals surface area contributed by atoms with Crippen LogP contribution in [0.5, 0.6) is 0 Å². The van der Waals surface area contributed by atoms with E-state index in [2.05, 4.69) is 4.99 Å². The molecule has 4 heteroatoms. The van der Waals surface area contributed by atoms with Gasteiger partial charge < -0.3 is 10.6 Å². The smallest absolute Gasteiger partial charge is 0.246 e. The quantitative estimate of drug-likeness (QED) is 0.590. The summed E-state index contributed by atoms with van der Waals surface area (Å²) in [6.45, 7) is 0. The van der Waals surface area contributed by atoms with Gasteiger partial charge in [0.05, 0.1) is 0 Å². The lowest BCUT2D eigenvalue weighted by molar-refractivity contribution is -0.119. The number of carbonyl (C=O) groups is 1. The van der Waals surface area contributed by atoms with Crippen LogP contribution in [0.4, 0.5) is 0 Å². The molecule has 0 radical (unpaired) electrons. The molecule has 2 N–H and O–H groups in total. The largest absolute Gasteiger partial charge is 0.368 e. The maximum absolute atomic E-state index is 10.9. The summed E-state index contributed by atoms with van der Waals surface area (Å²) in [5.41, 5.74) is 5.17. The Hall–Kier alpha value is -1.58. The van der Waals surface area contributed by atoms with Crippen molar-refractivity contribution in [1.29, 1.82) is 0 Å². The van der Waals surface area contributed by atoms with Crippen LogP contribution in [-0.2, 0) is 4.79 Å². The summed E-state index contributed by atoms with van der Waals surface area (Å²) in [5, 5.41) is 0. The number of rotatable bonds is 1. The van der Waals surface area contributed by atoms with Gasteiger partial charge >= 0.3 is 0 Å². The zero-order valence-corrected chi connectivity index (χ0v) is 6.47. The summed E-state index contributed by atoms with van der Waals surface area (Å²) < 4.78 is 0. The maximum Gasteiger partial charge on any atom is 0.246 e. The number of fused-ring (bicyclic) bond motifs is 1. The van der Waals surface area contributed by atoms with Crippen molar-refractivity contribution in [2.75, 3.05) is 0 Å². The molecule has 62 valence electrons. The van der Waals surface area contributed by atoms with Crippen molar-refractivity contribution in [3.05, 3.63) is 24.2 Å². The summed E-state index contributed by atoms with van der Waals surface area (Å²) in [6.07, 6.45) is 8.21. The maximum atomic E-state index is 10.9. The minimum Gasteiger partial charge on any atom is -0.368 e. The van der Waals surface area contributed by atoms with Crippen molar-refractivity contribution in [3.8, 4) is 0 Å². The highest BCUT2D eigenvalue weighted by Gasteiger charge is 2.27. The molecule has 1 atom stereocenters. The molecule has 0 aromatic rings. The van der Waals surface area contributed by atoms with Gasteiger partial charge in [0.15, 0.2) is 0 Å². The third-order valence-corrected chi connectivity index (χ3v) is 1.91. The number of primary amides is 1. The highest BCUT2D eigenvalue weighted by atomic mass is 16.1. The molecular formula is C8H9N3O. The molecule has 2 aliphatic rings. The van der Waals surface area contributed by atoms with Gasteiger partial charge in [0.2, 0.25) is 5.91 Å². The van der Waals surface area contributed by atoms with Gasteiger partial charge in [-0.2, -0.15) is 0 Å². The van der Waals surface area contributed by atoms with Gasteiger partial charge in [-0.1, -0.05) is 6.08 Å². The van der Waals surface area contributed by atoms with Crippen LogP contribution in [0.25, 0.3) is 0 Å². The summed E-state index contributed by atoms with van der Waals surface area (Å²) in [5.74, 6) is 0.454. The fourth-order valence-corrected chi connectivity index (χ4v) is 1.31. The van der Waals surface area contributed by atoms with E-state index in [1.807, 2.05) is 18.4 Å². The molecule has 2 rings (SSSR count). The van der Waals surface area contributed by atoms with Crippen LogP contribution < -0.4 is 5.73 Å². The van der Waals surface area contributed by atoms with Crippen LogP contribution in [0.2, 0.25) is 0 Å². The zero-order chi connectivity index (χ0) is 8.55. The molecular weight excluding hydrogens is 154 g/mol. The third-order valence-electron chi connectivity index (χ3n) is 1.91. The molecule has 0 aromatic heterocycles. The second-order valence-corrected chi connectivity index (χ2v) is 2.72. The molecule has 1 amide bonds. The Kier molecular flexibility index (Phi) is 1.46. The molecule has 0 aliphatic carbocycles. The van der Waals surface area contributed by atoms with E-state index < -0.39 is 6.04 Å². The van der Waals surface area contributed by atoms with Crippen LogP contribution in [0.3, 0.4) is 0 Å². The van der Waals surface area contributed by atoms with Crippen molar-refractivity contribution in [1.82, 2.24) is 4.90 Å². The standard InChI is InChI=1S/C8H9N3O/c9-8(12)6-5-10-7-3-1-2-4-11(6)7/h2-6H,1H2,(H2,9,12). The molecule has 2 aliphatic heterocycles. The Morgan fingerprint density at radius 3 is 3.33 bits per heavy atom. The Morgan fingerprint density at radius 1 is 1.75 bits per heavy atom. The lowest BCUT2D eigenvalue weighted by atomic mass is 10.2. The molecule has 4 nitrogen and oxygen atoms in total. The lowest BCUT2D eigenvalue weighted by Crippen LogP contribution is -2.39. The van der Waals surface area contributed by atoms with Crippen molar-refractivity contribution in [2.45, 2.75) is 12.5 Å². The summed E-state index contributed by atoms with van der Waals surface area (Å²) in [4.78, 5) is 16.7. The number of allylic oxidation sites excluding steroid dienone is 2. The number of hydrogen-bond donors (Lipinski definition) is 1. The number of carbonyl (C=O) groups excluding carboxylic acids is 1. The molecule has 1 unspecified atom stereocenters. The molecule has 12 heavy (non-hydrogen) atoms. The Balaban J connectivity index is 2.28. The van der Waals surface area contributed by atoms with Crippen LogP contribution in [0, 0.1) is 0 Å². The predicted octanol–water partition coefficient (Wildman–Crippen LogP) is -0.0145. The lowest BCUT2D eigenvalue weighted by Gasteiger charge is -2.21. The normalized spacial score (nSPS) is 25.5. The predicted molar refractivity (Wildman–Crippen MR) is 45.2 cm³/mol. The average Bonchev–Trinajstić information content (AvgIpc) is 2.47. The van der Waals surface area contributed by atoms with Gasteiger partial charge in [-0.3, -0.25) is 4.79 Å². The monoisotopic (exact) mass is 163 g/mol. The van der Waals surface area contributed by atoms with E-state index in [0.717, 1.165) is 12.2 Å². The van der Waals surface area contributed by atoms with Crippen molar-refractivity contribution >= 4 is 12.1 Å². The van der Waals surface area contributed by atoms with Crippen molar-refractivity contribution in [2.24, 2.45) is 10.7 Å². The first-order chi connectivity index (χ1) is 5.79. The molecule has 0 fully saturated rings. The van der Waals surface area contributed by atoms with Crippen LogP contribution in [0.15, 0.2) is 29.2 Å². The van der Waals surface area contributed by atoms with Gasteiger partial charge in [-0.25, -0.2) is 4.99 Å².